The lowest BCUT2D eigenvalue weighted by molar-refractivity contribution is 0.0145. The SMILES string of the molecule is C[C@@H](NCC(O)CN1CCOCC1)c1cccs1. The van der Waals surface area contributed by atoms with Crippen molar-refractivity contribution in [1.82, 2.24) is 10.2 Å². The second-order valence-corrected chi connectivity index (χ2v) is 5.69. The molecule has 2 rings (SSSR count). The number of hydrogen-bond donors (Lipinski definition) is 2. The minimum absolute atomic E-state index is 0.310. The van der Waals surface area contributed by atoms with Gasteiger partial charge in [-0.3, -0.25) is 4.90 Å². The van der Waals surface area contributed by atoms with E-state index in [-0.39, 0.29) is 6.10 Å². The van der Waals surface area contributed by atoms with Gasteiger partial charge in [0.2, 0.25) is 0 Å². The van der Waals surface area contributed by atoms with Crippen molar-refractivity contribution in [3.8, 4) is 0 Å². The quantitative estimate of drug-likeness (QED) is 0.812. The fourth-order valence-corrected chi connectivity index (χ4v) is 2.86. The molecule has 0 radical (unpaired) electrons. The van der Waals surface area contributed by atoms with Crippen molar-refractivity contribution >= 4 is 11.3 Å². The van der Waals surface area contributed by atoms with E-state index in [1.807, 2.05) is 0 Å². The maximum Gasteiger partial charge on any atom is 0.0791 e. The van der Waals surface area contributed by atoms with E-state index < -0.39 is 0 Å². The van der Waals surface area contributed by atoms with Crippen molar-refractivity contribution in [3.05, 3.63) is 22.4 Å². The molecule has 102 valence electrons. The summed E-state index contributed by atoms with van der Waals surface area (Å²) in [5.41, 5.74) is 0. The van der Waals surface area contributed by atoms with Crippen LogP contribution in [0.25, 0.3) is 0 Å². The Morgan fingerprint density at radius 3 is 2.94 bits per heavy atom. The van der Waals surface area contributed by atoms with Gasteiger partial charge in [0.05, 0.1) is 19.3 Å². The largest absolute Gasteiger partial charge is 0.390 e. The number of nitrogens with zero attached hydrogens (tertiary/aromatic N) is 1. The molecule has 5 heteroatoms. The molecule has 18 heavy (non-hydrogen) atoms. The summed E-state index contributed by atoms with van der Waals surface area (Å²) in [5, 5.41) is 15.5. The molecule has 0 spiro atoms. The molecule has 2 atom stereocenters. The Bertz CT molecular complexity index is 326. The Kier molecular flexibility index (Phi) is 5.59. The van der Waals surface area contributed by atoms with E-state index in [1.165, 1.54) is 4.88 Å². The summed E-state index contributed by atoms with van der Waals surface area (Å²) in [5.74, 6) is 0. The topological polar surface area (TPSA) is 44.7 Å². The van der Waals surface area contributed by atoms with E-state index in [9.17, 15) is 5.11 Å². The van der Waals surface area contributed by atoms with Gasteiger partial charge < -0.3 is 15.2 Å². The van der Waals surface area contributed by atoms with Gasteiger partial charge in [-0.25, -0.2) is 0 Å². The van der Waals surface area contributed by atoms with Gasteiger partial charge in [0.1, 0.15) is 0 Å². The number of hydrogen-bond acceptors (Lipinski definition) is 5. The van der Waals surface area contributed by atoms with Crippen LogP contribution in [0.5, 0.6) is 0 Å². The maximum atomic E-state index is 10.0. The molecule has 1 unspecified atom stereocenters. The number of aliphatic hydroxyl groups is 1. The summed E-state index contributed by atoms with van der Waals surface area (Å²) in [4.78, 5) is 3.57. The van der Waals surface area contributed by atoms with E-state index in [2.05, 4.69) is 34.7 Å². The molecule has 1 saturated heterocycles. The van der Waals surface area contributed by atoms with Crippen LogP contribution in [-0.4, -0.2) is 55.5 Å². The van der Waals surface area contributed by atoms with Gasteiger partial charge in [-0.15, -0.1) is 11.3 Å². The van der Waals surface area contributed by atoms with E-state index in [1.54, 1.807) is 11.3 Å². The van der Waals surface area contributed by atoms with Crippen molar-refractivity contribution in [1.29, 1.82) is 0 Å². The third-order valence-electron chi connectivity index (χ3n) is 3.20. The van der Waals surface area contributed by atoms with Gasteiger partial charge in [0.25, 0.3) is 0 Å². The molecular formula is C13H22N2O2S. The lowest BCUT2D eigenvalue weighted by Gasteiger charge is -2.29. The van der Waals surface area contributed by atoms with Crippen LogP contribution < -0.4 is 5.32 Å². The fraction of sp³-hybridized carbons (Fsp3) is 0.692. The average Bonchev–Trinajstić information content (AvgIpc) is 2.91. The van der Waals surface area contributed by atoms with Crippen molar-refractivity contribution in [2.75, 3.05) is 39.4 Å². The van der Waals surface area contributed by atoms with Crippen molar-refractivity contribution in [2.24, 2.45) is 0 Å². The first-order chi connectivity index (χ1) is 8.75. The second kappa shape index (κ2) is 7.21. The van der Waals surface area contributed by atoms with Crippen LogP contribution in [0.1, 0.15) is 17.8 Å². The third-order valence-corrected chi connectivity index (χ3v) is 4.26. The van der Waals surface area contributed by atoms with Gasteiger partial charge in [-0.1, -0.05) is 6.07 Å². The zero-order chi connectivity index (χ0) is 12.8. The molecule has 0 saturated carbocycles. The summed E-state index contributed by atoms with van der Waals surface area (Å²) >= 11 is 1.75. The van der Waals surface area contributed by atoms with E-state index in [0.29, 0.717) is 12.6 Å². The lowest BCUT2D eigenvalue weighted by atomic mass is 10.2. The Morgan fingerprint density at radius 2 is 2.28 bits per heavy atom. The molecule has 2 N–H and O–H groups in total. The minimum atomic E-state index is -0.314. The van der Waals surface area contributed by atoms with Crippen LogP contribution in [0.3, 0.4) is 0 Å². The van der Waals surface area contributed by atoms with Crippen LogP contribution >= 0.6 is 11.3 Å². The van der Waals surface area contributed by atoms with Gasteiger partial charge in [-0.2, -0.15) is 0 Å². The highest BCUT2D eigenvalue weighted by molar-refractivity contribution is 7.10. The number of aliphatic hydroxyl groups excluding tert-OH is 1. The first kappa shape index (κ1) is 14.0. The van der Waals surface area contributed by atoms with Gasteiger partial charge in [0.15, 0.2) is 0 Å². The summed E-state index contributed by atoms with van der Waals surface area (Å²) < 4.78 is 5.29. The average molecular weight is 270 g/mol. The van der Waals surface area contributed by atoms with E-state index >= 15 is 0 Å². The monoisotopic (exact) mass is 270 g/mol. The summed E-state index contributed by atoms with van der Waals surface area (Å²) in [6, 6.07) is 4.49. The van der Waals surface area contributed by atoms with Crippen molar-refractivity contribution in [2.45, 2.75) is 19.1 Å². The third kappa shape index (κ3) is 4.33. The molecule has 1 aromatic rings. The van der Waals surface area contributed by atoms with E-state index in [0.717, 1.165) is 32.8 Å². The van der Waals surface area contributed by atoms with E-state index in [4.69, 9.17) is 4.74 Å². The van der Waals surface area contributed by atoms with Crippen LogP contribution in [0.4, 0.5) is 0 Å². The summed E-state index contributed by atoms with van der Waals surface area (Å²) in [6.45, 7) is 6.92. The second-order valence-electron chi connectivity index (χ2n) is 4.71. The highest BCUT2D eigenvalue weighted by Crippen LogP contribution is 2.17. The number of nitrogens with one attached hydrogen (secondary N) is 1. The van der Waals surface area contributed by atoms with Crippen LogP contribution in [0.15, 0.2) is 17.5 Å². The summed E-state index contributed by atoms with van der Waals surface area (Å²) in [7, 11) is 0. The number of β-amino-alcohol motifs (C(OH)–C–C–N with tert-alkyl or cyclic N) is 1. The number of ether oxygens (including phenoxy) is 1. The van der Waals surface area contributed by atoms with Gasteiger partial charge in [0, 0.05) is 37.1 Å². The maximum absolute atomic E-state index is 10.0. The Morgan fingerprint density at radius 1 is 1.50 bits per heavy atom. The van der Waals surface area contributed by atoms with Crippen molar-refractivity contribution < 1.29 is 9.84 Å². The lowest BCUT2D eigenvalue weighted by Crippen LogP contribution is -2.44. The first-order valence-electron chi connectivity index (χ1n) is 6.50. The molecule has 1 aliphatic heterocycles. The molecule has 0 aliphatic carbocycles. The standard InChI is InChI=1S/C13H22N2O2S/c1-11(13-3-2-8-18-13)14-9-12(16)10-15-4-6-17-7-5-15/h2-3,8,11-12,14,16H,4-7,9-10H2,1H3/t11-,12?/m1/s1. The molecule has 0 bridgehead atoms. The molecule has 0 amide bonds. The molecule has 0 aromatic carbocycles. The van der Waals surface area contributed by atoms with Gasteiger partial charge in [-0.05, 0) is 18.4 Å². The fourth-order valence-electron chi connectivity index (χ4n) is 2.10. The predicted octanol–water partition coefficient (Wildman–Crippen LogP) is 1.09. The van der Waals surface area contributed by atoms with Crippen LogP contribution in [0, 0.1) is 0 Å². The minimum Gasteiger partial charge on any atom is -0.390 e. The predicted molar refractivity (Wildman–Crippen MR) is 74.0 cm³/mol. The molecule has 2 heterocycles. The Hall–Kier alpha value is -0.460. The number of rotatable bonds is 6. The first-order valence-corrected chi connectivity index (χ1v) is 7.38. The summed E-state index contributed by atoms with van der Waals surface area (Å²) in [6.07, 6.45) is -0.314. The smallest absolute Gasteiger partial charge is 0.0791 e. The molecule has 1 aliphatic rings. The number of morpholine rings is 1. The molecule has 1 aromatic heterocycles. The van der Waals surface area contributed by atoms with Crippen molar-refractivity contribution in [3.63, 3.8) is 0 Å². The zero-order valence-electron chi connectivity index (χ0n) is 10.8. The Labute approximate surface area is 113 Å². The Balaban J connectivity index is 1.66. The van der Waals surface area contributed by atoms with Crippen LogP contribution in [0.2, 0.25) is 0 Å². The normalized spacial score (nSPS) is 20.8. The highest BCUT2D eigenvalue weighted by Gasteiger charge is 2.15. The van der Waals surface area contributed by atoms with Gasteiger partial charge >= 0.3 is 0 Å². The molecule has 1 fully saturated rings. The van der Waals surface area contributed by atoms with Crippen LogP contribution in [-0.2, 0) is 4.74 Å². The number of thiophene rings is 1. The highest BCUT2D eigenvalue weighted by atomic mass is 32.1. The zero-order valence-corrected chi connectivity index (χ0v) is 11.7. The molecule has 4 nitrogen and oxygen atoms in total. The molecular weight excluding hydrogens is 248 g/mol.